The molecule has 0 spiro atoms. The van der Waals surface area contributed by atoms with Gasteiger partial charge in [-0.2, -0.15) is 0 Å². The van der Waals surface area contributed by atoms with Crippen molar-refractivity contribution in [2.45, 2.75) is 6.54 Å². The predicted molar refractivity (Wildman–Crippen MR) is 72.1 cm³/mol. The second kappa shape index (κ2) is 5.71. The molecular weight excluding hydrogens is 269 g/mol. The smallest absolute Gasteiger partial charge is 0.335 e. The third kappa shape index (κ3) is 3.23. The van der Waals surface area contributed by atoms with Crippen LogP contribution in [-0.2, 0) is 6.54 Å². The first-order chi connectivity index (χ1) is 9.08. The van der Waals surface area contributed by atoms with E-state index in [0.29, 0.717) is 6.54 Å². The number of para-hydroxylation sites is 1. The first-order valence-corrected chi connectivity index (χ1v) is 5.96. The first-order valence-electron chi connectivity index (χ1n) is 5.58. The van der Waals surface area contributed by atoms with Gasteiger partial charge in [0.2, 0.25) is 0 Å². The molecule has 0 aromatic heterocycles. The highest BCUT2D eigenvalue weighted by molar-refractivity contribution is 6.33. The van der Waals surface area contributed by atoms with Gasteiger partial charge < -0.3 is 10.4 Å². The monoisotopic (exact) mass is 279 g/mol. The van der Waals surface area contributed by atoms with Crippen LogP contribution in [0, 0.1) is 5.82 Å². The van der Waals surface area contributed by atoms with Crippen LogP contribution in [0.25, 0.3) is 0 Å². The maximum atomic E-state index is 13.5. The number of carbonyl (C=O) groups is 1. The summed E-state index contributed by atoms with van der Waals surface area (Å²) >= 11 is 5.88. The molecule has 2 N–H and O–H groups in total. The van der Waals surface area contributed by atoms with Gasteiger partial charge in [-0.3, -0.25) is 0 Å². The van der Waals surface area contributed by atoms with Crippen molar-refractivity contribution in [2.24, 2.45) is 0 Å². The second-order valence-electron chi connectivity index (χ2n) is 3.96. The summed E-state index contributed by atoms with van der Waals surface area (Å²) in [7, 11) is 0. The number of hydrogen-bond donors (Lipinski definition) is 2. The zero-order valence-electron chi connectivity index (χ0n) is 9.86. The van der Waals surface area contributed by atoms with Crippen LogP contribution >= 0.6 is 11.6 Å². The van der Waals surface area contributed by atoms with E-state index in [1.807, 2.05) is 0 Å². The van der Waals surface area contributed by atoms with Crippen molar-refractivity contribution in [2.75, 3.05) is 5.32 Å². The molecule has 0 aliphatic heterocycles. The third-order valence-corrected chi connectivity index (χ3v) is 2.92. The highest BCUT2D eigenvalue weighted by atomic mass is 35.5. The number of carboxylic acid groups (broad SMARTS) is 1. The van der Waals surface area contributed by atoms with Crippen molar-refractivity contribution in [1.82, 2.24) is 0 Å². The fraction of sp³-hybridized carbons (Fsp3) is 0.0714. The molecule has 0 saturated carbocycles. The van der Waals surface area contributed by atoms with Gasteiger partial charge in [-0.1, -0.05) is 29.8 Å². The number of benzene rings is 2. The molecule has 0 aliphatic rings. The van der Waals surface area contributed by atoms with E-state index in [-0.39, 0.29) is 16.3 Å². The number of rotatable bonds is 4. The fourth-order valence-corrected chi connectivity index (χ4v) is 1.90. The standard InChI is InChI=1S/C14H11ClFNO2/c15-11-5-2-6-12(16)13(11)17-8-9-3-1-4-10(7-9)14(18)19/h1-7,17H,8H2,(H,18,19). The van der Waals surface area contributed by atoms with Crippen molar-refractivity contribution in [3.63, 3.8) is 0 Å². The Kier molecular flexibility index (Phi) is 4.02. The SMILES string of the molecule is O=C(O)c1cccc(CNc2c(F)cccc2Cl)c1. The minimum atomic E-state index is -0.995. The van der Waals surface area contributed by atoms with Crippen LogP contribution in [0.2, 0.25) is 5.02 Å². The molecule has 0 aliphatic carbocycles. The lowest BCUT2D eigenvalue weighted by Crippen LogP contribution is -2.04. The van der Waals surface area contributed by atoms with Gasteiger partial charge >= 0.3 is 5.97 Å². The third-order valence-electron chi connectivity index (χ3n) is 2.61. The highest BCUT2D eigenvalue weighted by Crippen LogP contribution is 2.25. The Bertz CT molecular complexity index is 596. The van der Waals surface area contributed by atoms with Crippen molar-refractivity contribution in [3.05, 3.63) is 64.4 Å². The number of nitrogens with one attached hydrogen (secondary N) is 1. The van der Waals surface area contributed by atoms with Crippen LogP contribution in [-0.4, -0.2) is 11.1 Å². The number of aromatic carboxylic acids is 1. The molecule has 0 amide bonds. The summed E-state index contributed by atoms with van der Waals surface area (Å²) in [6, 6.07) is 10.8. The molecule has 0 fully saturated rings. The van der Waals surface area contributed by atoms with Gasteiger partial charge in [0.25, 0.3) is 0 Å². The lowest BCUT2D eigenvalue weighted by atomic mass is 10.1. The molecule has 0 atom stereocenters. The van der Waals surface area contributed by atoms with Crippen molar-refractivity contribution < 1.29 is 14.3 Å². The van der Waals surface area contributed by atoms with Crippen LogP contribution in [0.3, 0.4) is 0 Å². The Balaban J connectivity index is 2.15. The molecule has 2 aromatic rings. The van der Waals surface area contributed by atoms with Gasteiger partial charge in [0.1, 0.15) is 5.82 Å². The van der Waals surface area contributed by atoms with Crippen LogP contribution < -0.4 is 5.32 Å². The van der Waals surface area contributed by atoms with Crippen molar-refractivity contribution in [3.8, 4) is 0 Å². The Morgan fingerprint density at radius 1 is 1.26 bits per heavy atom. The summed E-state index contributed by atoms with van der Waals surface area (Å²) in [5.74, 6) is -1.44. The van der Waals surface area contributed by atoms with Crippen molar-refractivity contribution in [1.29, 1.82) is 0 Å². The zero-order valence-corrected chi connectivity index (χ0v) is 10.6. The molecule has 98 valence electrons. The van der Waals surface area contributed by atoms with E-state index in [1.165, 1.54) is 24.3 Å². The van der Waals surface area contributed by atoms with Crippen LogP contribution in [0.4, 0.5) is 10.1 Å². The van der Waals surface area contributed by atoms with Crippen LogP contribution in [0.5, 0.6) is 0 Å². The molecule has 0 unspecified atom stereocenters. The van der Waals surface area contributed by atoms with Crippen molar-refractivity contribution >= 4 is 23.3 Å². The van der Waals surface area contributed by atoms with E-state index in [2.05, 4.69) is 5.32 Å². The highest BCUT2D eigenvalue weighted by Gasteiger charge is 2.07. The second-order valence-corrected chi connectivity index (χ2v) is 4.36. The van der Waals surface area contributed by atoms with E-state index in [4.69, 9.17) is 16.7 Å². The molecular formula is C14H11ClFNO2. The Morgan fingerprint density at radius 2 is 2.00 bits per heavy atom. The summed E-state index contributed by atoms with van der Waals surface area (Å²) in [5, 5.41) is 12.0. The van der Waals surface area contributed by atoms with Gasteiger partial charge in [-0.15, -0.1) is 0 Å². The summed E-state index contributed by atoms with van der Waals surface area (Å²) in [4.78, 5) is 10.8. The summed E-state index contributed by atoms with van der Waals surface area (Å²) in [5.41, 5.74) is 1.14. The number of carboxylic acids is 1. The van der Waals surface area contributed by atoms with Gasteiger partial charge in [-0.25, -0.2) is 9.18 Å². The van der Waals surface area contributed by atoms with E-state index in [9.17, 15) is 9.18 Å². The fourth-order valence-electron chi connectivity index (χ4n) is 1.67. The minimum absolute atomic E-state index is 0.193. The van der Waals surface area contributed by atoms with Gasteiger partial charge in [0.05, 0.1) is 16.3 Å². The predicted octanol–water partition coefficient (Wildman–Crippen LogP) is 3.79. The molecule has 5 heteroatoms. The number of hydrogen-bond acceptors (Lipinski definition) is 2. The topological polar surface area (TPSA) is 49.3 Å². The maximum absolute atomic E-state index is 13.5. The molecule has 3 nitrogen and oxygen atoms in total. The van der Waals surface area contributed by atoms with E-state index < -0.39 is 11.8 Å². The number of anilines is 1. The lowest BCUT2D eigenvalue weighted by molar-refractivity contribution is 0.0697. The first kappa shape index (κ1) is 13.4. The van der Waals surface area contributed by atoms with Gasteiger partial charge in [0.15, 0.2) is 0 Å². The zero-order chi connectivity index (χ0) is 13.8. The average Bonchev–Trinajstić information content (AvgIpc) is 2.38. The number of halogens is 2. The van der Waals surface area contributed by atoms with Gasteiger partial charge in [-0.05, 0) is 29.8 Å². The molecule has 0 saturated heterocycles. The average molecular weight is 280 g/mol. The molecule has 19 heavy (non-hydrogen) atoms. The lowest BCUT2D eigenvalue weighted by Gasteiger charge is -2.09. The van der Waals surface area contributed by atoms with Crippen LogP contribution in [0.1, 0.15) is 15.9 Å². The van der Waals surface area contributed by atoms with Gasteiger partial charge in [0, 0.05) is 6.54 Å². The Morgan fingerprint density at radius 3 is 2.68 bits per heavy atom. The largest absolute Gasteiger partial charge is 0.478 e. The Hall–Kier alpha value is -2.07. The molecule has 0 bridgehead atoms. The Labute approximate surface area is 114 Å². The molecule has 0 heterocycles. The van der Waals surface area contributed by atoms with E-state index in [0.717, 1.165) is 5.56 Å². The van der Waals surface area contributed by atoms with E-state index in [1.54, 1.807) is 18.2 Å². The summed E-state index contributed by atoms with van der Waals surface area (Å²) < 4.78 is 13.5. The molecule has 2 rings (SSSR count). The minimum Gasteiger partial charge on any atom is -0.478 e. The maximum Gasteiger partial charge on any atom is 0.335 e. The molecule has 2 aromatic carbocycles. The normalized spacial score (nSPS) is 10.2. The van der Waals surface area contributed by atoms with E-state index >= 15 is 0 Å². The summed E-state index contributed by atoms with van der Waals surface area (Å²) in [6.45, 7) is 0.293. The summed E-state index contributed by atoms with van der Waals surface area (Å²) in [6.07, 6.45) is 0. The van der Waals surface area contributed by atoms with Crippen LogP contribution in [0.15, 0.2) is 42.5 Å². The molecule has 0 radical (unpaired) electrons. The quantitative estimate of drug-likeness (QED) is 0.895.